The fraction of sp³-hybridized carbons (Fsp3) is 0.455. The van der Waals surface area contributed by atoms with Crippen LogP contribution in [0.25, 0.3) is 0 Å². The lowest BCUT2D eigenvalue weighted by molar-refractivity contribution is 0.551. The van der Waals surface area contributed by atoms with E-state index < -0.39 is 10.2 Å². The number of nitrogen functional groups attached to an aromatic ring is 1. The Morgan fingerprint density at radius 3 is 2.41 bits per heavy atom. The first-order chi connectivity index (χ1) is 7.96. The first kappa shape index (κ1) is 12.3. The molecule has 0 bridgehead atoms. The molecule has 6 heteroatoms. The lowest BCUT2D eigenvalue weighted by Gasteiger charge is -2.15. The van der Waals surface area contributed by atoms with Gasteiger partial charge >= 0.3 is 0 Å². The minimum absolute atomic E-state index is 0.117. The fourth-order valence-electron chi connectivity index (χ4n) is 1.54. The van der Waals surface area contributed by atoms with Crippen LogP contribution in [-0.4, -0.2) is 14.5 Å². The van der Waals surface area contributed by atoms with Crippen molar-refractivity contribution in [1.82, 2.24) is 9.44 Å². The molecule has 1 aromatic rings. The van der Waals surface area contributed by atoms with Crippen LogP contribution in [0, 0.1) is 0 Å². The van der Waals surface area contributed by atoms with Gasteiger partial charge in [-0.05, 0) is 37.5 Å². The molecule has 1 atom stereocenters. The highest BCUT2D eigenvalue weighted by Crippen LogP contribution is 2.20. The van der Waals surface area contributed by atoms with Crippen molar-refractivity contribution in [2.75, 3.05) is 5.73 Å². The maximum Gasteiger partial charge on any atom is 0.277 e. The minimum atomic E-state index is -3.41. The maximum absolute atomic E-state index is 11.7. The molecule has 94 valence electrons. The number of rotatable bonds is 5. The summed E-state index contributed by atoms with van der Waals surface area (Å²) in [6.45, 7) is 1.80. The molecule has 0 heterocycles. The average Bonchev–Trinajstić information content (AvgIpc) is 3.00. The van der Waals surface area contributed by atoms with Crippen LogP contribution in [-0.2, 0) is 10.2 Å². The van der Waals surface area contributed by atoms with E-state index in [1.165, 1.54) is 0 Å². The molecule has 1 unspecified atom stereocenters. The van der Waals surface area contributed by atoms with E-state index in [-0.39, 0.29) is 12.1 Å². The van der Waals surface area contributed by atoms with Crippen LogP contribution in [0.15, 0.2) is 24.3 Å². The molecule has 0 aliphatic heterocycles. The molecular formula is C11H17N3O2S. The number of anilines is 1. The second-order valence-corrected chi connectivity index (χ2v) is 5.88. The fourth-order valence-corrected chi connectivity index (χ4v) is 2.88. The zero-order valence-electron chi connectivity index (χ0n) is 9.68. The van der Waals surface area contributed by atoms with Crippen LogP contribution in [0.5, 0.6) is 0 Å². The van der Waals surface area contributed by atoms with E-state index >= 15 is 0 Å². The Kier molecular flexibility index (Phi) is 3.37. The Bertz CT molecular complexity index is 480. The van der Waals surface area contributed by atoms with Gasteiger partial charge in [0.1, 0.15) is 0 Å². The molecule has 2 rings (SSSR count). The van der Waals surface area contributed by atoms with Gasteiger partial charge in [0.15, 0.2) is 0 Å². The quantitative estimate of drug-likeness (QED) is 0.684. The SMILES string of the molecule is CC(NS(=O)(=O)NC1CC1)c1ccc(N)cc1. The summed E-state index contributed by atoms with van der Waals surface area (Å²) in [6.07, 6.45) is 1.86. The zero-order chi connectivity index (χ0) is 12.5. The first-order valence-corrected chi connectivity index (χ1v) is 7.09. The number of benzene rings is 1. The standard InChI is InChI=1S/C11H17N3O2S/c1-8(9-2-4-10(12)5-3-9)13-17(15,16)14-11-6-7-11/h2-5,8,11,13-14H,6-7,12H2,1H3. The third-order valence-corrected chi connectivity index (χ3v) is 3.98. The summed E-state index contributed by atoms with van der Waals surface area (Å²) >= 11 is 0. The summed E-state index contributed by atoms with van der Waals surface area (Å²) in [5.74, 6) is 0. The third-order valence-electron chi connectivity index (χ3n) is 2.67. The first-order valence-electron chi connectivity index (χ1n) is 5.61. The van der Waals surface area contributed by atoms with Crippen LogP contribution >= 0.6 is 0 Å². The molecule has 1 aromatic carbocycles. The molecule has 0 aromatic heterocycles. The molecule has 1 saturated carbocycles. The Balaban J connectivity index is 2.00. The van der Waals surface area contributed by atoms with Gasteiger partial charge in [0.2, 0.25) is 0 Å². The molecule has 0 amide bonds. The molecule has 1 aliphatic carbocycles. The summed E-state index contributed by atoms with van der Waals surface area (Å²) < 4.78 is 28.5. The normalized spacial score (nSPS) is 17.9. The van der Waals surface area contributed by atoms with Gasteiger partial charge in [-0.25, -0.2) is 0 Å². The lowest BCUT2D eigenvalue weighted by Crippen LogP contribution is -2.39. The van der Waals surface area contributed by atoms with Gasteiger partial charge < -0.3 is 5.73 Å². The monoisotopic (exact) mass is 255 g/mol. The summed E-state index contributed by atoms with van der Waals surface area (Å²) in [4.78, 5) is 0. The van der Waals surface area contributed by atoms with Gasteiger partial charge in [-0.2, -0.15) is 17.9 Å². The zero-order valence-corrected chi connectivity index (χ0v) is 10.5. The van der Waals surface area contributed by atoms with Gasteiger partial charge in [0.05, 0.1) is 0 Å². The summed E-state index contributed by atoms with van der Waals surface area (Å²) in [7, 11) is -3.41. The van der Waals surface area contributed by atoms with E-state index in [0.29, 0.717) is 5.69 Å². The third kappa shape index (κ3) is 3.69. The summed E-state index contributed by atoms with van der Waals surface area (Å²) in [5.41, 5.74) is 7.13. The number of nitrogens with one attached hydrogen (secondary N) is 2. The Hall–Kier alpha value is -1.11. The van der Waals surface area contributed by atoms with Gasteiger partial charge in [-0.1, -0.05) is 12.1 Å². The Morgan fingerprint density at radius 1 is 1.29 bits per heavy atom. The molecule has 1 fully saturated rings. The highest BCUT2D eigenvalue weighted by atomic mass is 32.2. The number of nitrogens with two attached hydrogens (primary N) is 1. The minimum Gasteiger partial charge on any atom is -0.399 e. The van der Waals surface area contributed by atoms with E-state index in [1.54, 1.807) is 19.1 Å². The second-order valence-electron chi connectivity index (χ2n) is 4.40. The molecule has 0 saturated heterocycles. The maximum atomic E-state index is 11.7. The van der Waals surface area contributed by atoms with Crippen molar-refractivity contribution in [2.24, 2.45) is 0 Å². The Morgan fingerprint density at radius 2 is 1.88 bits per heavy atom. The van der Waals surface area contributed by atoms with Crippen LogP contribution in [0.2, 0.25) is 0 Å². The smallest absolute Gasteiger partial charge is 0.277 e. The highest BCUT2D eigenvalue weighted by Gasteiger charge is 2.27. The summed E-state index contributed by atoms with van der Waals surface area (Å²) in [5, 5.41) is 0. The van der Waals surface area contributed by atoms with Crippen molar-refractivity contribution in [3.05, 3.63) is 29.8 Å². The van der Waals surface area contributed by atoms with Crippen molar-refractivity contribution in [3.8, 4) is 0 Å². The molecular weight excluding hydrogens is 238 g/mol. The molecule has 4 N–H and O–H groups in total. The molecule has 0 radical (unpaired) electrons. The largest absolute Gasteiger partial charge is 0.399 e. The van der Waals surface area contributed by atoms with E-state index in [9.17, 15) is 8.42 Å². The second kappa shape index (κ2) is 4.64. The predicted octanol–water partition coefficient (Wildman–Crippen LogP) is 0.916. The highest BCUT2D eigenvalue weighted by molar-refractivity contribution is 7.87. The van der Waals surface area contributed by atoms with Crippen molar-refractivity contribution in [2.45, 2.75) is 31.8 Å². The van der Waals surface area contributed by atoms with Gasteiger partial charge in [-0.15, -0.1) is 0 Å². The molecule has 17 heavy (non-hydrogen) atoms. The summed E-state index contributed by atoms with van der Waals surface area (Å²) in [6, 6.07) is 7.00. The van der Waals surface area contributed by atoms with Gasteiger partial charge in [0.25, 0.3) is 10.2 Å². The van der Waals surface area contributed by atoms with Crippen molar-refractivity contribution in [3.63, 3.8) is 0 Å². The lowest BCUT2D eigenvalue weighted by atomic mass is 10.1. The van der Waals surface area contributed by atoms with Gasteiger partial charge in [0, 0.05) is 17.8 Å². The van der Waals surface area contributed by atoms with E-state index in [4.69, 9.17) is 5.73 Å². The van der Waals surface area contributed by atoms with Crippen molar-refractivity contribution >= 4 is 15.9 Å². The van der Waals surface area contributed by atoms with Crippen LogP contribution in [0.1, 0.15) is 31.4 Å². The number of hydrogen-bond acceptors (Lipinski definition) is 3. The van der Waals surface area contributed by atoms with Crippen molar-refractivity contribution in [1.29, 1.82) is 0 Å². The van der Waals surface area contributed by atoms with E-state index in [0.717, 1.165) is 18.4 Å². The van der Waals surface area contributed by atoms with Gasteiger partial charge in [-0.3, -0.25) is 0 Å². The van der Waals surface area contributed by atoms with Crippen molar-refractivity contribution < 1.29 is 8.42 Å². The van der Waals surface area contributed by atoms with Crippen LogP contribution < -0.4 is 15.2 Å². The molecule has 0 spiro atoms. The topological polar surface area (TPSA) is 84.2 Å². The van der Waals surface area contributed by atoms with Crippen LogP contribution in [0.3, 0.4) is 0 Å². The van der Waals surface area contributed by atoms with Crippen LogP contribution in [0.4, 0.5) is 5.69 Å². The average molecular weight is 255 g/mol. The van der Waals surface area contributed by atoms with E-state index in [2.05, 4.69) is 9.44 Å². The molecule has 5 nitrogen and oxygen atoms in total. The number of hydrogen-bond donors (Lipinski definition) is 3. The Labute approximate surface area is 102 Å². The predicted molar refractivity (Wildman–Crippen MR) is 67.5 cm³/mol. The molecule has 1 aliphatic rings. The van der Waals surface area contributed by atoms with E-state index in [1.807, 2.05) is 12.1 Å².